The van der Waals surface area contributed by atoms with Crippen LogP contribution in [0.5, 0.6) is 0 Å². The first-order valence-corrected chi connectivity index (χ1v) is 9.71. The number of fused-ring (bicyclic) bond motifs is 1. The van der Waals surface area contributed by atoms with E-state index in [1.54, 1.807) is 18.3 Å². The molecule has 1 aliphatic rings. The molecular weight excluding hydrogens is 362 g/mol. The molecule has 4 rings (SSSR count). The number of rotatable bonds is 6. The monoisotopic (exact) mass is 385 g/mol. The summed E-state index contributed by atoms with van der Waals surface area (Å²) in [5, 5.41) is 12.5. The molecule has 0 saturated heterocycles. The maximum Gasteiger partial charge on any atom is 0.251 e. The molecule has 0 aliphatic carbocycles. The van der Waals surface area contributed by atoms with E-state index >= 15 is 0 Å². The summed E-state index contributed by atoms with van der Waals surface area (Å²) in [7, 11) is 0. The van der Waals surface area contributed by atoms with Crippen molar-refractivity contribution in [2.75, 3.05) is 6.61 Å². The minimum atomic E-state index is -0.250. The first-order valence-electron chi connectivity index (χ1n) is 9.71. The number of aliphatic imine (C=N–C) groups is 1. The van der Waals surface area contributed by atoms with Gasteiger partial charge in [0.2, 0.25) is 0 Å². The van der Waals surface area contributed by atoms with Crippen LogP contribution in [-0.2, 0) is 6.54 Å². The fourth-order valence-electron chi connectivity index (χ4n) is 3.57. The van der Waals surface area contributed by atoms with E-state index in [0.717, 1.165) is 34.5 Å². The number of carbonyl (C=O) groups excluding carboxylic acids is 1. The van der Waals surface area contributed by atoms with Crippen LogP contribution in [0.1, 0.15) is 45.1 Å². The summed E-state index contributed by atoms with van der Waals surface area (Å²) in [6, 6.07) is 17.4. The van der Waals surface area contributed by atoms with E-state index in [0.29, 0.717) is 12.0 Å². The molecule has 2 heterocycles. The van der Waals surface area contributed by atoms with Gasteiger partial charge in [0.05, 0.1) is 18.3 Å². The van der Waals surface area contributed by atoms with Crippen molar-refractivity contribution in [2.24, 2.45) is 4.99 Å². The summed E-state index contributed by atoms with van der Waals surface area (Å²) in [6.07, 6.45) is 3.98. The fraction of sp³-hybridized carbons (Fsp3) is 0.208. The first-order chi connectivity index (χ1) is 14.1. The Hall–Kier alpha value is -3.31. The predicted octanol–water partition coefficient (Wildman–Crippen LogP) is 3.84. The zero-order chi connectivity index (χ0) is 20.2. The van der Waals surface area contributed by atoms with E-state index in [2.05, 4.69) is 27.4 Å². The van der Waals surface area contributed by atoms with Crippen LogP contribution < -0.4 is 5.32 Å². The zero-order valence-electron chi connectivity index (χ0n) is 16.3. The molecule has 2 N–H and O–H groups in total. The van der Waals surface area contributed by atoms with Gasteiger partial charge in [-0.25, -0.2) is 0 Å². The maximum absolute atomic E-state index is 12.9. The summed E-state index contributed by atoms with van der Waals surface area (Å²) in [6.45, 7) is 2.73. The average molecular weight is 385 g/mol. The third kappa shape index (κ3) is 4.25. The number of nitrogens with zero attached hydrogens (tertiary/aromatic N) is 2. The Morgan fingerprint density at radius 2 is 2.07 bits per heavy atom. The Morgan fingerprint density at radius 1 is 1.17 bits per heavy atom. The lowest BCUT2D eigenvalue weighted by atomic mass is 10.0. The molecule has 0 fully saturated rings. The molecule has 2 aromatic carbocycles. The molecule has 1 aliphatic heterocycles. The number of aliphatic hydroxyl groups excluding tert-OH is 1. The van der Waals surface area contributed by atoms with Gasteiger partial charge in [-0.2, -0.15) is 0 Å². The Bertz CT molecular complexity index is 1080. The lowest BCUT2D eigenvalue weighted by Crippen LogP contribution is -2.29. The quantitative estimate of drug-likeness (QED) is 0.677. The van der Waals surface area contributed by atoms with E-state index in [9.17, 15) is 9.90 Å². The van der Waals surface area contributed by atoms with Crippen LogP contribution in [-0.4, -0.2) is 28.8 Å². The molecule has 5 heteroatoms. The molecule has 29 heavy (non-hydrogen) atoms. The van der Waals surface area contributed by atoms with Gasteiger partial charge in [-0.15, -0.1) is 0 Å². The summed E-state index contributed by atoms with van der Waals surface area (Å²) in [5.74, 6) is -0.184. The standard InChI is InChI=1S/C24H23N3O2/c1-16-3-2-4-17(11-16)22(8-10-28)27-24(29)19-7-9-26-23(13-19)18-5-6-20-14-25-15-21(20)12-18/h2-7,9,11-13,15,22,28H,8,10,14H2,1H3,(H,27,29). The van der Waals surface area contributed by atoms with Gasteiger partial charge < -0.3 is 10.4 Å². The topological polar surface area (TPSA) is 74.6 Å². The van der Waals surface area contributed by atoms with Crippen molar-refractivity contribution in [3.63, 3.8) is 0 Å². The Labute approximate surface area is 170 Å². The second kappa shape index (κ2) is 8.37. The van der Waals surface area contributed by atoms with Gasteiger partial charge >= 0.3 is 0 Å². The van der Waals surface area contributed by atoms with Crippen molar-refractivity contribution in [2.45, 2.75) is 25.9 Å². The van der Waals surface area contributed by atoms with Crippen LogP contribution >= 0.6 is 0 Å². The molecular formula is C24H23N3O2. The Morgan fingerprint density at radius 3 is 2.90 bits per heavy atom. The van der Waals surface area contributed by atoms with Crippen molar-refractivity contribution < 1.29 is 9.90 Å². The van der Waals surface area contributed by atoms with Crippen molar-refractivity contribution in [3.8, 4) is 11.3 Å². The van der Waals surface area contributed by atoms with E-state index in [1.807, 2.05) is 43.5 Å². The van der Waals surface area contributed by atoms with Crippen LogP contribution in [0, 0.1) is 6.92 Å². The van der Waals surface area contributed by atoms with E-state index in [4.69, 9.17) is 0 Å². The van der Waals surface area contributed by atoms with E-state index in [1.165, 1.54) is 5.56 Å². The smallest absolute Gasteiger partial charge is 0.251 e. The van der Waals surface area contributed by atoms with Crippen LogP contribution in [0.15, 0.2) is 65.8 Å². The highest BCUT2D eigenvalue weighted by Crippen LogP contribution is 2.24. The summed E-state index contributed by atoms with van der Waals surface area (Å²) in [5.41, 5.74) is 6.65. The third-order valence-corrected chi connectivity index (χ3v) is 5.12. The van der Waals surface area contributed by atoms with Crippen LogP contribution in [0.2, 0.25) is 0 Å². The average Bonchev–Trinajstić information content (AvgIpc) is 3.21. The van der Waals surface area contributed by atoms with E-state index < -0.39 is 0 Å². The largest absolute Gasteiger partial charge is 0.396 e. The summed E-state index contributed by atoms with van der Waals surface area (Å²) >= 11 is 0. The molecule has 0 bridgehead atoms. The minimum absolute atomic E-state index is 0.00281. The highest BCUT2D eigenvalue weighted by molar-refractivity contribution is 5.95. The van der Waals surface area contributed by atoms with Gasteiger partial charge in [0.1, 0.15) is 0 Å². The van der Waals surface area contributed by atoms with Crippen LogP contribution in [0.25, 0.3) is 11.3 Å². The second-order valence-corrected chi connectivity index (χ2v) is 7.27. The maximum atomic E-state index is 12.9. The van der Waals surface area contributed by atoms with Crippen molar-refractivity contribution in [3.05, 3.63) is 88.6 Å². The van der Waals surface area contributed by atoms with Crippen molar-refractivity contribution >= 4 is 12.1 Å². The van der Waals surface area contributed by atoms with Crippen LogP contribution in [0.3, 0.4) is 0 Å². The number of nitrogens with one attached hydrogen (secondary N) is 1. The van der Waals surface area contributed by atoms with Gasteiger partial charge in [-0.05, 0) is 48.2 Å². The van der Waals surface area contributed by atoms with Gasteiger partial charge in [-0.1, -0.05) is 42.0 Å². The predicted molar refractivity (Wildman–Crippen MR) is 114 cm³/mol. The molecule has 1 unspecified atom stereocenters. The highest BCUT2D eigenvalue weighted by atomic mass is 16.3. The second-order valence-electron chi connectivity index (χ2n) is 7.27. The number of pyridine rings is 1. The molecule has 3 aromatic rings. The Kier molecular flexibility index (Phi) is 5.49. The summed E-state index contributed by atoms with van der Waals surface area (Å²) in [4.78, 5) is 21.6. The van der Waals surface area contributed by atoms with Crippen molar-refractivity contribution in [1.82, 2.24) is 10.3 Å². The normalized spacial score (nSPS) is 13.2. The molecule has 0 spiro atoms. The van der Waals surface area contributed by atoms with Gasteiger partial charge in [0, 0.05) is 30.1 Å². The number of hydrogen-bond donors (Lipinski definition) is 2. The Balaban J connectivity index is 1.57. The number of hydrogen-bond acceptors (Lipinski definition) is 4. The summed E-state index contributed by atoms with van der Waals surface area (Å²) < 4.78 is 0. The van der Waals surface area contributed by atoms with Crippen molar-refractivity contribution in [1.29, 1.82) is 0 Å². The first kappa shape index (κ1) is 19.0. The van der Waals surface area contributed by atoms with Crippen LogP contribution in [0.4, 0.5) is 0 Å². The fourth-order valence-corrected chi connectivity index (χ4v) is 3.57. The molecule has 0 radical (unpaired) electrons. The third-order valence-electron chi connectivity index (χ3n) is 5.12. The lowest BCUT2D eigenvalue weighted by molar-refractivity contribution is 0.0930. The highest BCUT2D eigenvalue weighted by Gasteiger charge is 2.17. The van der Waals surface area contributed by atoms with Gasteiger partial charge in [0.25, 0.3) is 5.91 Å². The number of amides is 1. The van der Waals surface area contributed by atoms with Gasteiger partial charge in [0.15, 0.2) is 0 Å². The lowest BCUT2D eigenvalue weighted by Gasteiger charge is -2.19. The minimum Gasteiger partial charge on any atom is -0.396 e. The van der Waals surface area contributed by atoms with Gasteiger partial charge in [-0.3, -0.25) is 14.8 Å². The number of aliphatic hydroxyl groups is 1. The molecule has 1 aromatic heterocycles. The van der Waals surface area contributed by atoms with E-state index in [-0.39, 0.29) is 18.6 Å². The SMILES string of the molecule is Cc1cccc(C(CCO)NC(=O)c2ccnc(-c3ccc4c(c3)C=NC4)c2)c1. The molecule has 146 valence electrons. The number of benzene rings is 2. The number of carbonyl (C=O) groups is 1. The molecule has 1 atom stereocenters. The molecule has 1 amide bonds. The number of aryl methyl sites for hydroxylation is 1. The molecule has 5 nitrogen and oxygen atoms in total. The number of aromatic nitrogens is 1. The molecule has 0 saturated carbocycles. The zero-order valence-corrected chi connectivity index (χ0v) is 16.3.